The van der Waals surface area contributed by atoms with Gasteiger partial charge in [-0.05, 0) is 79.0 Å². The number of benzene rings is 1. The van der Waals surface area contributed by atoms with Crippen LogP contribution in [0.4, 0.5) is 0 Å². The van der Waals surface area contributed by atoms with E-state index >= 15 is 0 Å². The summed E-state index contributed by atoms with van der Waals surface area (Å²) in [6.07, 6.45) is 2.71. The molecular formula is C25H39N. The molecule has 1 nitrogen and oxygen atoms in total. The maximum atomic E-state index is 2.76. The molecular weight excluding hydrogens is 314 g/mol. The van der Waals surface area contributed by atoms with Crippen LogP contribution in [0.25, 0.3) is 0 Å². The van der Waals surface area contributed by atoms with Crippen LogP contribution in [0.5, 0.6) is 0 Å². The molecule has 0 amide bonds. The Labute approximate surface area is 161 Å². The van der Waals surface area contributed by atoms with Crippen molar-refractivity contribution in [3.05, 3.63) is 34.9 Å². The van der Waals surface area contributed by atoms with Crippen LogP contribution in [0.1, 0.15) is 83.9 Å². The molecule has 2 bridgehead atoms. The number of likely N-dealkylation sites (tertiary alicyclic amines) is 1. The van der Waals surface area contributed by atoms with Gasteiger partial charge in [0.05, 0.1) is 0 Å². The highest BCUT2D eigenvalue weighted by molar-refractivity contribution is 5.52. The summed E-state index contributed by atoms with van der Waals surface area (Å²) < 4.78 is 0. The van der Waals surface area contributed by atoms with Crippen molar-refractivity contribution >= 4 is 0 Å². The molecule has 4 rings (SSSR count). The second-order valence-electron chi connectivity index (χ2n) is 11.1. The lowest BCUT2D eigenvalue weighted by Crippen LogP contribution is -2.77. The van der Waals surface area contributed by atoms with Crippen molar-refractivity contribution in [3.63, 3.8) is 0 Å². The molecule has 1 saturated heterocycles. The third kappa shape index (κ3) is 1.82. The van der Waals surface area contributed by atoms with Crippen LogP contribution < -0.4 is 0 Å². The van der Waals surface area contributed by atoms with Gasteiger partial charge in [0.15, 0.2) is 0 Å². The van der Waals surface area contributed by atoms with Gasteiger partial charge >= 0.3 is 0 Å². The van der Waals surface area contributed by atoms with Crippen LogP contribution in [0.15, 0.2) is 18.2 Å². The number of piperidine rings is 1. The molecule has 2 fully saturated rings. The Balaban J connectivity index is 2.17. The molecule has 0 radical (unpaired) electrons. The summed E-state index contributed by atoms with van der Waals surface area (Å²) in [4.78, 5) is 2.76. The maximum Gasteiger partial charge on any atom is 0.0224 e. The highest BCUT2D eigenvalue weighted by Gasteiger charge is 2.72. The van der Waals surface area contributed by atoms with E-state index in [-0.39, 0.29) is 5.41 Å². The van der Waals surface area contributed by atoms with Gasteiger partial charge in [-0.3, -0.25) is 4.90 Å². The van der Waals surface area contributed by atoms with Crippen LogP contribution >= 0.6 is 0 Å². The molecule has 1 saturated carbocycles. The van der Waals surface area contributed by atoms with E-state index in [1.165, 1.54) is 18.4 Å². The Morgan fingerprint density at radius 2 is 1.65 bits per heavy atom. The number of likely N-dealkylation sites (N-methyl/N-ethyl adjacent to an activating group) is 1. The number of hydrogen-bond acceptors (Lipinski definition) is 1. The van der Waals surface area contributed by atoms with Gasteiger partial charge < -0.3 is 0 Å². The summed E-state index contributed by atoms with van der Waals surface area (Å²) in [5.41, 5.74) is 5.80. The summed E-state index contributed by atoms with van der Waals surface area (Å²) in [5.74, 6) is 2.06. The minimum atomic E-state index is 0.260. The van der Waals surface area contributed by atoms with Crippen LogP contribution in [-0.4, -0.2) is 24.0 Å². The molecule has 1 aliphatic heterocycles. The molecule has 26 heavy (non-hydrogen) atoms. The Bertz CT molecular complexity index is 734. The van der Waals surface area contributed by atoms with E-state index < -0.39 is 0 Å². The molecule has 0 aromatic heterocycles. The number of aryl methyl sites for hydroxylation is 1. The molecule has 1 aromatic rings. The highest BCUT2D eigenvalue weighted by atomic mass is 15.2. The standard InChI is InChI=1S/C25H39N/c1-15-13-23(6,7)25-18(4)19(5)26(9)22(24(25,8)14-15)17(3)20-12-10-11-16(2)21(20)25/h10-12,15,17-19,22H,13-14H2,1-9H3/t15?,17?,18?,19?,22-,24?,25-/m0/s1. The van der Waals surface area contributed by atoms with Crippen molar-refractivity contribution in [2.75, 3.05) is 7.05 Å². The summed E-state index contributed by atoms with van der Waals surface area (Å²) in [7, 11) is 2.41. The van der Waals surface area contributed by atoms with Gasteiger partial charge in [0, 0.05) is 17.5 Å². The van der Waals surface area contributed by atoms with E-state index in [2.05, 4.69) is 85.5 Å². The van der Waals surface area contributed by atoms with E-state index in [1.807, 2.05) is 0 Å². The molecule has 3 aliphatic rings. The lowest BCUT2D eigenvalue weighted by atomic mass is 9.32. The largest absolute Gasteiger partial charge is 0.299 e. The van der Waals surface area contributed by atoms with Crippen molar-refractivity contribution in [1.82, 2.24) is 4.90 Å². The molecule has 1 heterocycles. The quantitative estimate of drug-likeness (QED) is 0.540. The van der Waals surface area contributed by atoms with Gasteiger partial charge in [0.25, 0.3) is 0 Å². The van der Waals surface area contributed by atoms with Crippen molar-refractivity contribution in [1.29, 1.82) is 0 Å². The first-order chi connectivity index (χ1) is 12.0. The Hall–Kier alpha value is -0.820. The average Bonchev–Trinajstić information content (AvgIpc) is 2.51. The number of fused-ring (bicyclic) bond motifs is 1. The predicted octanol–water partition coefficient (Wildman–Crippen LogP) is 6.15. The maximum absolute atomic E-state index is 2.76. The zero-order valence-electron chi connectivity index (χ0n) is 18.5. The predicted molar refractivity (Wildman–Crippen MR) is 112 cm³/mol. The topological polar surface area (TPSA) is 3.24 Å². The van der Waals surface area contributed by atoms with E-state index in [0.717, 1.165) is 5.92 Å². The number of nitrogens with zero attached hydrogens (tertiary/aromatic N) is 1. The van der Waals surface area contributed by atoms with Gasteiger partial charge in [-0.1, -0.05) is 59.7 Å². The normalized spacial score (nSPS) is 47.2. The third-order valence-corrected chi connectivity index (χ3v) is 9.40. The first kappa shape index (κ1) is 18.5. The second kappa shape index (κ2) is 5.37. The molecule has 1 heteroatoms. The van der Waals surface area contributed by atoms with Gasteiger partial charge in [-0.15, -0.1) is 0 Å². The fraction of sp³-hybridized carbons (Fsp3) is 0.760. The van der Waals surface area contributed by atoms with E-state index in [1.54, 1.807) is 11.1 Å². The number of hydrogen-bond donors (Lipinski definition) is 0. The smallest absolute Gasteiger partial charge is 0.0224 e. The summed E-state index contributed by atoms with van der Waals surface area (Å²) in [6, 6.07) is 8.38. The molecule has 2 aliphatic carbocycles. The van der Waals surface area contributed by atoms with Crippen LogP contribution in [0.2, 0.25) is 0 Å². The molecule has 0 spiro atoms. The molecule has 5 unspecified atom stereocenters. The van der Waals surface area contributed by atoms with Crippen molar-refractivity contribution in [2.45, 2.75) is 91.6 Å². The zero-order chi connectivity index (χ0) is 19.2. The average molecular weight is 354 g/mol. The molecule has 144 valence electrons. The summed E-state index contributed by atoms with van der Waals surface area (Å²) >= 11 is 0. The third-order valence-electron chi connectivity index (χ3n) is 9.40. The summed E-state index contributed by atoms with van der Waals surface area (Å²) in [6.45, 7) is 20.3. The van der Waals surface area contributed by atoms with Crippen LogP contribution in [-0.2, 0) is 5.41 Å². The molecule has 1 aromatic carbocycles. The van der Waals surface area contributed by atoms with Crippen molar-refractivity contribution in [2.24, 2.45) is 22.7 Å². The van der Waals surface area contributed by atoms with E-state index in [4.69, 9.17) is 0 Å². The van der Waals surface area contributed by atoms with Crippen LogP contribution in [0.3, 0.4) is 0 Å². The van der Waals surface area contributed by atoms with Crippen LogP contribution in [0, 0.1) is 29.6 Å². The SMILES string of the molecule is Cc1cccc2c1[C@]13C(C)C(C)N(C)[C@@H](C2C)C1(C)CC(C)CC3(C)C. The lowest BCUT2D eigenvalue weighted by molar-refractivity contribution is -0.199. The first-order valence-corrected chi connectivity index (χ1v) is 10.8. The minimum absolute atomic E-state index is 0.260. The zero-order valence-corrected chi connectivity index (χ0v) is 18.5. The Morgan fingerprint density at radius 3 is 2.31 bits per heavy atom. The molecule has 7 atom stereocenters. The van der Waals surface area contributed by atoms with Crippen molar-refractivity contribution < 1.29 is 0 Å². The monoisotopic (exact) mass is 353 g/mol. The minimum Gasteiger partial charge on any atom is -0.299 e. The summed E-state index contributed by atoms with van der Waals surface area (Å²) in [5, 5.41) is 0. The Morgan fingerprint density at radius 1 is 1.00 bits per heavy atom. The molecule has 0 N–H and O–H groups in total. The first-order valence-electron chi connectivity index (χ1n) is 10.8. The highest BCUT2D eigenvalue weighted by Crippen LogP contribution is 2.74. The van der Waals surface area contributed by atoms with Crippen molar-refractivity contribution in [3.8, 4) is 0 Å². The van der Waals surface area contributed by atoms with Gasteiger partial charge in [-0.2, -0.15) is 0 Å². The number of rotatable bonds is 0. The second-order valence-corrected chi connectivity index (χ2v) is 11.1. The van der Waals surface area contributed by atoms with Gasteiger partial charge in [-0.25, -0.2) is 0 Å². The Kier molecular flexibility index (Phi) is 3.83. The van der Waals surface area contributed by atoms with Gasteiger partial charge in [0.1, 0.15) is 0 Å². The van der Waals surface area contributed by atoms with E-state index in [0.29, 0.717) is 34.7 Å². The van der Waals surface area contributed by atoms with Gasteiger partial charge in [0.2, 0.25) is 0 Å². The fourth-order valence-electron chi connectivity index (χ4n) is 9.20. The van der Waals surface area contributed by atoms with E-state index in [9.17, 15) is 0 Å². The lowest BCUT2D eigenvalue weighted by Gasteiger charge is -2.76. The fourth-order valence-corrected chi connectivity index (χ4v) is 9.20.